The summed E-state index contributed by atoms with van der Waals surface area (Å²) in [6.45, 7) is 6.38. The highest BCUT2D eigenvalue weighted by atomic mass is 16.5. The van der Waals surface area contributed by atoms with Gasteiger partial charge in [0.2, 0.25) is 0 Å². The van der Waals surface area contributed by atoms with Crippen molar-refractivity contribution in [1.29, 1.82) is 0 Å². The fraction of sp³-hybridized carbons (Fsp3) is 0.476. The lowest BCUT2D eigenvalue weighted by molar-refractivity contribution is 0.114. The molecule has 3 heterocycles. The molecular weight excluding hydrogens is 328 g/mol. The number of likely N-dealkylation sites (tertiary alicyclic amines) is 1. The van der Waals surface area contributed by atoms with Crippen LogP contribution in [0.3, 0.4) is 0 Å². The number of piperidine rings is 1. The summed E-state index contributed by atoms with van der Waals surface area (Å²) in [4.78, 5) is 14.7. The summed E-state index contributed by atoms with van der Waals surface area (Å²) in [5.74, 6) is 2.58. The lowest BCUT2D eigenvalue weighted by Crippen LogP contribution is -2.46. The van der Waals surface area contributed by atoms with E-state index >= 15 is 0 Å². The lowest BCUT2D eigenvalue weighted by Gasteiger charge is -2.42. The second kappa shape index (κ2) is 7.16. The van der Waals surface area contributed by atoms with Gasteiger partial charge in [-0.3, -0.25) is 9.69 Å². The van der Waals surface area contributed by atoms with Gasteiger partial charge in [-0.05, 0) is 43.0 Å². The normalized spacial score (nSPS) is 21.9. The number of pyridine rings is 1. The molecule has 0 aliphatic carbocycles. The van der Waals surface area contributed by atoms with Gasteiger partial charge in [-0.25, -0.2) is 0 Å². The van der Waals surface area contributed by atoms with Crippen molar-refractivity contribution in [2.24, 2.45) is 5.92 Å². The zero-order valence-corrected chi connectivity index (χ0v) is 15.5. The van der Waals surface area contributed by atoms with Gasteiger partial charge in [0.25, 0.3) is 5.56 Å². The van der Waals surface area contributed by atoms with Gasteiger partial charge < -0.3 is 14.0 Å². The van der Waals surface area contributed by atoms with Crippen LogP contribution in [-0.4, -0.2) is 36.3 Å². The second-order valence-corrected chi connectivity index (χ2v) is 7.31. The van der Waals surface area contributed by atoms with Gasteiger partial charge in [0.05, 0.1) is 13.7 Å². The van der Waals surface area contributed by atoms with Gasteiger partial charge in [-0.15, -0.1) is 0 Å². The number of rotatable bonds is 5. The largest absolute Gasteiger partial charge is 0.493 e. The number of methoxy groups -OCH3 is 1. The van der Waals surface area contributed by atoms with Crippen LogP contribution < -0.4 is 15.0 Å². The van der Waals surface area contributed by atoms with E-state index in [0.717, 1.165) is 37.7 Å². The molecule has 2 atom stereocenters. The molecular formula is C21H26N2O3. The van der Waals surface area contributed by atoms with E-state index in [9.17, 15) is 4.79 Å². The van der Waals surface area contributed by atoms with Crippen LogP contribution in [0.1, 0.15) is 30.5 Å². The van der Waals surface area contributed by atoms with E-state index in [1.807, 2.05) is 23.6 Å². The average Bonchev–Trinajstić information content (AvgIpc) is 2.63. The van der Waals surface area contributed by atoms with Crippen molar-refractivity contribution < 1.29 is 9.47 Å². The Bertz CT molecular complexity index is 845. The fourth-order valence-corrected chi connectivity index (χ4v) is 4.47. The molecule has 0 spiro atoms. The molecule has 0 saturated carbocycles. The summed E-state index contributed by atoms with van der Waals surface area (Å²) in [5, 5.41) is 0. The predicted octanol–water partition coefficient (Wildman–Crippen LogP) is 2.87. The maximum absolute atomic E-state index is 12.2. The summed E-state index contributed by atoms with van der Waals surface area (Å²) in [6, 6.07) is 11.9. The van der Waals surface area contributed by atoms with E-state index in [1.54, 1.807) is 13.2 Å². The molecule has 2 aliphatic heterocycles. The molecule has 1 fully saturated rings. The number of nitrogens with zero attached hydrogens (tertiary/aromatic N) is 2. The molecule has 1 saturated heterocycles. The number of ether oxygens (including phenoxy) is 2. The van der Waals surface area contributed by atoms with Gasteiger partial charge in [-0.1, -0.05) is 12.1 Å². The first-order valence-corrected chi connectivity index (χ1v) is 9.39. The Morgan fingerprint density at radius 1 is 1.12 bits per heavy atom. The van der Waals surface area contributed by atoms with Crippen LogP contribution in [0.2, 0.25) is 0 Å². The zero-order valence-electron chi connectivity index (χ0n) is 15.5. The van der Waals surface area contributed by atoms with Crippen molar-refractivity contribution in [2.45, 2.75) is 32.4 Å². The SMILES string of the molecule is CCOc1cc(CN2C[C@H]3C[C@@H](C2)c2cccc(=O)n2C3)ccc1OC. The highest BCUT2D eigenvalue weighted by Gasteiger charge is 2.34. The van der Waals surface area contributed by atoms with Crippen molar-refractivity contribution in [1.82, 2.24) is 9.47 Å². The van der Waals surface area contributed by atoms with Crippen molar-refractivity contribution in [3.05, 3.63) is 58.0 Å². The van der Waals surface area contributed by atoms with E-state index in [4.69, 9.17) is 9.47 Å². The van der Waals surface area contributed by atoms with Gasteiger partial charge in [0.1, 0.15) is 0 Å². The van der Waals surface area contributed by atoms with E-state index < -0.39 is 0 Å². The highest BCUT2D eigenvalue weighted by Crippen LogP contribution is 2.36. The average molecular weight is 354 g/mol. The van der Waals surface area contributed by atoms with Gasteiger partial charge in [-0.2, -0.15) is 0 Å². The maximum Gasteiger partial charge on any atom is 0.250 e. The Hall–Kier alpha value is -2.27. The Balaban J connectivity index is 1.53. The number of benzene rings is 1. The monoisotopic (exact) mass is 354 g/mol. The van der Waals surface area contributed by atoms with Crippen LogP contribution in [0, 0.1) is 5.92 Å². The zero-order chi connectivity index (χ0) is 18.1. The van der Waals surface area contributed by atoms with Crippen molar-refractivity contribution >= 4 is 0 Å². The van der Waals surface area contributed by atoms with Crippen LogP contribution in [0.5, 0.6) is 11.5 Å². The minimum Gasteiger partial charge on any atom is -0.493 e. The molecule has 138 valence electrons. The summed E-state index contributed by atoms with van der Waals surface area (Å²) in [5.41, 5.74) is 2.57. The maximum atomic E-state index is 12.2. The molecule has 1 aromatic carbocycles. The van der Waals surface area contributed by atoms with Crippen LogP contribution >= 0.6 is 0 Å². The predicted molar refractivity (Wildman–Crippen MR) is 101 cm³/mol. The summed E-state index contributed by atoms with van der Waals surface area (Å²) < 4.78 is 13.1. The minimum absolute atomic E-state index is 0.141. The topological polar surface area (TPSA) is 43.7 Å². The smallest absolute Gasteiger partial charge is 0.250 e. The number of hydrogen-bond donors (Lipinski definition) is 0. The quantitative estimate of drug-likeness (QED) is 0.828. The van der Waals surface area contributed by atoms with Crippen molar-refractivity contribution in [3.8, 4) is 11.5 Å². The molecule has 26 heavy (non-hydrogen) atoms. The van der Waals surface area contributed by atoms with Crippen LogP contribution in [-0.2, 0) is 13.1 Å². The molecule has 0 unspecified atom stereocenters. The van der Waals surface area contributed by atoms with Crippen LogP contribution in [0.4, 0.5) is 0 Å². The first-order valence-electron chi connectivity index (χ1n) is 9.39. The third kappa shape index (κ3) is 3.23. The molecule has 2 aromatic rings. The molecule has 0 N–H and O–H groups in total. The molecule has 2 bridgehead atoms. The third-order valence-electron chi connectivity index (χ3n) is 5.49. The highest BCUT2D eigenvalue weighted by molar-refractivity contribution is 5.43. The van der Waals surface area contributed by atoms with Gasteiger partial charge >= 0.3 is 0 Å². The number of aromatic nitrogens is 1. The molecule has 0 radical (unpaired) electrons. The molecule has 4 rings (SSSR count). The second-order valence-electron chi connectivity index (χ2n) is 7.31. The van der Waals surface area contributed by atoms with Crippen LogP contribution in [0.15, 0.2) is 41.2 Å². The van der Waals surface area contributed by atoms with E-state index in [1.165, 1.54) is 17.7 Å². The van der Waals surface area contributed by atoms with E-state index in [2.05, 4.69) is 23.1 Å². The number of hydrogen-bond acceptors (Lipinski definition) is 4. The molecule has 0 amide bonds. The summed E-state index contributed by atoms with van der Waals surface area (Å²) >= 11 is 0. The fourth-order valence-electron chi connectivity index (χ4n) is 4.47. The number of fused-ring (bicyclic) bond motifs is 4. The van der Waals surface area contributed by atoms with E-state index in [0.29, 0.717) is 18.4 Å². The van der Waals surface area contributed by atoms with Crippen molar-refractivity contribution in [2.75, 3.05) is 26.8 Å². The standard InChI is InChI=1S/C21H26N2O3/c1-3-26-20-10-15(7-8-19(20)25-2)11-22-12-16-9-17(14-22)18-5-4-6-21(24)23(18)13-16/h4-8,10,16-17H,3,9,11-14H2,1-2H3/t16-,17+/m1/s1. The molecule has 2 aliphatic rings. The summed E-state index contributed by atoms with van der Waals surface area (Å²) in [7, 11) is 1.67. The first-order chi connectivity index (χ1) is 12.7. The van der Waals surface area contributed by atoms with Gasteiger partial charge in [0.15, 0.2) is 11.5 Å². The third-order valence-corrected chi connectivity index (χ3v) is 5.49. The lowest BCUT2D eigenvalue weighted by atomic mass is 9.83. The van der Waals surface area contributed by atoms with E-state index in [-0.39, 0.29) is 5.56 Å². The Morgan fingerprint density at radius 2 is 2.00 bits per heavy atom. The molecule has 5 heteroatoms. The Morgan fingerprint density at radius 3 is 2.81 bits per heavy atom. The van der Waals surface area contributed by atoms with Crippen LogP contribution in [0.25, 0.3) is 0 Å². The Kier molecular flexibility index (Phi) is 4.72. The minimum atomic E-state index is 0.141. The summed E-state index contributed by atoms with van der Waals surface area (Å²) in [6.07, 6.45) is 1.19. The first kappa shape index (κ1) is 17.2. The van der Waals surface area contributed by atoms with Crippen molar-refractivity contribution in [3.63, 3.8) is 0 Å². The van der Waals surface area contributed by atoms with Gasteiger partial charge in [0, 0.05) is 43.9 Å². The Labute approximate surface area is 154 Å². The molecule has 5 nitrogen and oxygen atoms in total. The molecule has 1 aromatic heterocycles.